The van der Waals surface area contributed by atoms with E-state index in [1.54, 1.807) is 43.3 Å². The fourth-order valence-electron chi connectivity index (χ4n) is 1.80. The summed E-state index contributed by atoms with van der Waals surface area (Å²) in [6, 6.07) is 17.9. The molecule has 2 aromatic rings. The van der Waals surface area contributed by atoms with Crippen LogP contribution in [0, 0.1) is 0 Å². The first kappa shape index (κ1) is 13.3. The topological polar surface area (TPSA) is 46.5 Å². The van der Waals surface area contributed by atoms with Gasteiger partial charge in [-0.15, -0.1) is 0 Å². The van der Waals surface area contributed by atoms with Crippen LogP contribution in [0.25, 0.3) is 0 Å². The Morgan fingerprint density at radius 3 is 2.11 bits per heavy atom. The Hall–Kier alpha value is -2.13. The summed E-state index contributed by atoms with van der Waals surface area (Å²) in [6.07, 6.45) is -1.43. The van der Waals surface area contributed by atoms with E-state index in [0.717, 1.165) is 5.56 Å². The van der Waals surface area contributed by atoms with E-state index >= 15 is 0 Å². The average molecular weight is 256 g/mol. The SMILES string of the molecule is C[C@H](OC(=O)c1ccccc1)[C@H](O)c1ccccc1. The molecular weight excluding hydrogens is 240 g/mol. The third kappa shape index (κ3) is 3.42. The first-order valence-corrected chi connectivity index (χ1v) is 6.17. The van der Waals surface area contributed by atoms with Crippen molar-refractivity contribution < 1.29 is 14.6 Å². The number of carbonyl (C=O) groups excluding carboxylic acids is 1. The van der Waals surface area contributed by atoms with Crippen molar-refractivity contribution in [2.45, 2.75) is 19.1 Å². The lowest BCUT2D eigenvalue weighted by Crippen LogP contribution is -2.22. The molecular formula is C16H16O3. The van der Waals surface area contributed by atoms with Crippen LogP contribution in [0.5, 0.6) is 0 Å². The molecule has 3 nitrogen and oxygen atoms in total. The van der Waals surface area contributed by atoms with Crippen LogP contribution in [0.1, 0.15) is 28.9 Å². The molecule has 0 amide bonds. The van der Waals surface area contributed by atoms with Gasteiger partial charge in [-0.05, 0) is 24.6 Å². The molecule has 0 saturated carbocycles. The Morgan fingerprint density at radius 2 is 1.53 bits per heavy atom. The molecule has 98 valence electrons. The first-order chi connectivity index (χ1) is 9.18. The standard InChI is InChI=1S/C16H16O3/c1-12(15(17)13-8-4-2-5-9-13)19-16(18)14-10-6-3-7-11-14/h2-12,15,17H,1H3/t12-,15-/m0/s1. The molecule has 0 radical (unpaired) electrons. The zero-order valence-corrected chi connectivity index (χ0v) is 10.7. The number of carbonyl (C=O) groups is 1. The molecule has 0 heterocycles. The van der Waals surface area contributed by atoms with Crippen LogP contribution < -0.4 is 0 Å². The second-order valence-corrected chi connectivity index (χ2v) is 4.33. The Morgan fingerprint density at radius 1 is 1.00 bits per heavy atom. The van der Waals surface area contributed by atoms with Crippen molar-refractivity contribution in [1.82, 2.24) is 0 Å². The molecule has 2 aromatic carbocycles. The summed E-state index contributed by atoms with van der Waals surface area (Å²) in [5, 5.41) is 10.1. The minimum absolute atomic E-state index is 0.428. The van der Waals surface area contributed by atoms with Gasteiger partial charge in [-0.25, -0.2) is 4.79 Å². The fourth-order valence-corrected chi connectivity index (χ4v) is 1.80. The molecule has 0 aliphatic heterocycles. The molecule has 2 rings (SSSR count). The highest BCUT2D eigenvalue weighted by atomic mass is 16.6. The Balaban J connectivity index is 2.02. The van der Waals surface area contributed by atoms with Gasteiger partial charge in [0, 0.05) is 0 Å². The fraction of sp³-hybridized carbons (Fsp3) is 0.188. The quantitative estimate of drug-likeness (QED) is 0.855. The predicted octanol–water partition coefficient (Wildman–Crippen LogP) is 2.97. The molecule has 0 fully saturated rings. The van der Waals surface area contributed by atoms with E-state index in [1.807, 2.05) is 24.3 Å². The van der Waals surface area contributed by atoms with E-state index in [4.69, 9.17) is 4.74 Å². The Labute approximate surface area is 112 Å². The largest absolute Gasteiger partial charge is 0.456 e. The van der Waals surface area contributed by atoms with E-state index in [0.29, 0.717) is 5.56 Å². The van der Waals surface area contributed by atoms with Crippen molar-refractivity contribution in [3.63, 3.8) is 0 Å². The summed E-state index contributed by atoms with van der Waals surface area (Å²) >= 11 is 0. The van der Waals surface area contributed by atoms with Crippen molar-refractivity contribution in [1.29, 1.82) is 0 Å². The first-order valence-electron chi connectivity index (χ1n) is 6.17. The predicted molar refractivity (Wildman–Crippen MR) is 72.7 cm³/mol. The zero-order chi connectivity index (χ0) is 13.7. The highest BCUT2D eigenvalue weighted by molar-refractivity contribution is 5.89. The molecule has 0 aromatic heterocycles. The number of aliphatic hydroxyl groups is 1. The number of hydrogen-bond donors (Lipinski definition) is 1. The van der Waals surface area contributed by atoms with Gasteiger partial charge in [-0.1, -0.05) is 48.5 Å². The lowest BCUT2D eigenvalue weighted by molar-refractivity contribution is -0.0116. The molecule has 1 N–H and O–H groups in total. The smallest absolute Gasteiger partial charge is 0.338 e. The third-order valence-corrected chi connectivity index (χ3v) is 2.89. The second kappa shape index (κ2) is 6.16. The van der Waals surface area contributed by atoms with Crippen LogP contribution in [-0.4, -0.2) is 17.2 Å². The van der Waals surface area contributed by atoms with Gasteiger partial charge in [-0.3, -0.25) is 0 Å². The van der Waals surface area contributed by atoms with Crippen molar-refractivity contribution in [2.75, 3.05) is 0 Å². The van der Waals surface area contributed by atoms with Gasteiger partial charge in [-0.2, -0.15) is 0 Å². The highest BCUT2D eigenvalue weighted by Gasteiger charge is 2.20. The maximum Gasteiger partial charge on any atom is 0.338 e. The summed E-state index contributed by atoms with van der Waals surface area (Å²) in [5.74, 6) is -0.428. The minimum Gasteiger partial charge on any atom is -0.456 e. The lowest BCUT2D eigenvalue weighted by atomic mass is 10.1. The maximum absolute atomic E-state index is 11.9. The summed E-state index contributed by atoms with van der Waals surface area (Å²) < 4.78 is 5.26. The van der Waals surface area contributed by atoms with Gasteiger partial charge < -0.3 is 9.84 Å². The van der Waals surface area contributed by atoms with E-state index < -0.39 is 18.2 Å². The third-order valence-electron chi connectivity index (χ3n) is 2.89. The van der Waals surface area contributed by atoms with Gasteiger partial charge in [0.15, 0.2) is 0 Å². The van der Waals surface area contributed by atoms with Crippen LogP contribution in [0.2, 0.25) is 0 Å². The number of aliphatic hydroxyl groups excluding tert-OH is 1. The Bertz CT molecular complexity index is 522. The molecule has 0 aliphatic carbocycles. The number of hydrogen-bond acceptors (Lipinski definition) is 3. The van der Waals surface area contributed by atoms with Crippen LogP contribution >= 0.6 is 0 Å². The van der Waals surface area contributed by atoms with Gasteiger partial charge in [0.05, 0.1) is 5.56 Å². The zero-order valence-electron chi connectivity index (χ0n) is 10.7. The van der Waals surface area contributed by atoms with Gasteiger partial charge >= 0.3 is 5.97 Å². The summed E-state index contributed by atoms with van der Waals surface area (Å²) in [4.78, 5) is 11.9. The van der Waals surface area contributed by atoms with Crippen LogP contribution in [-0.2, 0) is 4.74 Å². The monoisotopic (exact) mass is 256 g/mol. The molecule has 3 heteroatoms. The molecule has 0 unspecified atom stereocenters. The number of ether oxygens (including phenoxy) is 1. The van der Waals surface area contributed by atoms with Crippen LogP contribution in [0.4, 0.5) is 0 Å². The van der Waals surface area contributed by atoms with Gasteiger partial charge in [0.1, 0.15) is 12.2 Å². The maximum atomic E-state index is 11.9. The lowest BCUT2D eigenvalue weighted by Gasteiger charge is -2.19. The molecule has 0 aliphatic rings. The summed E-state index contributed by atoms with van der Waals surface area (Å²) in [7, 11) is 0. The molecule has 0 bridgehead atoms. The van der Waals surface area contributed by atoms with Crippen molar-refractivity contribution in [2.24, 2.45) is 0 Å². The van der Waals surface area contributed by atoms with Gasteiger partial charge in [0.25, 0.3) is 0 Å². The van der Waals surface area contributed by atoms with Gasteiger partial charge in [0.2, 0.25) is 0 Å². The van der Waals surface area contributed by atoms with Crippen molar-refractivity contribution in [3.8, 4) is 0 Å². The van der Waals surface area contributed by atoms with Crippen molar-refractivity contribution >= 4 is 5.97 Å². The van der Waals surface area contributed by atoms with E-state index in [-0.39, 0.29) is 0 Å². The number of rotatable bonds is 4. The molecule has 19 heavy (non-hydrogen) atoms. The van der Waals surface area contributed by atoms with Crippen molar-refractivity contribution in [3.05, 3.63) is 71.8 Å². The normalized spacial score (nSPS) is 13.6. The number of esters is 1. The van der Waals surface area contributed by atoms with E-state index in [2.05, 4.69) is 0 Å². The second-order valence-electron chi connectivity index (χ2n) is 4.33. The minimum atomic E-state index is -0.825. The number of benzene rings is 2. The highest BCUT2D eigenvalue weighted by Crippen LogP contribution is 2.19. The van der Waals surface area contributed by atoms with Crippen LogP contribution in [0.3, 0.4) is 0 Å². The Kier molecular flexibility index (Phi) is 4.31. The molecule has 0 spiro atoms. The summed E-state index contributed by atoms with van der Waals surface area (Å²) in [5.41, 5.74) is 1.21. The average Bonchev–Trinajstić information content (AvgIpc) is 2.48. The van der Waals surface area contributed by atoms with E-state index in [9.17, 15) is 9.90 Å². The van der Waals surface area contributed by atoms with Crippen LogP contribution in [0.15, 0.2) is 60.7 Å². The molecule has 2 atom stereocenters. The van der Waals surface area contributed by atoms with E-state index in [1.165, 1.54) is 0 Å². The summed E-state index contributed by atoms with van der Waals surface area (Å²) in [6.45, 7) is 1.68. The molecule has 0 saturated heterocycles.